The zero-order chi connectivity index (χ0) is 37.9. The van der Waals surface area contributed by atoms with Crippen LogP contribution >= 0.6 is 11.3 Å². The number of alkyl halides is 8. The third-order valence-corrected chi connectivity index (χ3v) is 10.0. The van der Waals surface area contributed by atoms with Crippen LogP contribution < -0.4 is 14.4 Å². The first-order chi connectivity index (χ1) is 24.5. The van der Waals surface area contributed by atoms with Crippen molar-refractivity contribution in [2.45, 2.75) is 62.5 Å². The van der Waals surface area contributed by atoms with Gasteiger partial charge in [0.15, 0.2) is 0 Å². The SMILES string of the molecule is CCC[C@@H]1N(C(=O)c2cnccc2C(F)(F)F)CCC[C@]1(Oc1csc(C(F)(F)C(F)(F)F)c1)C(=O)N1CCN(c2ccccc2OCCO)CC1. The van der Waals surface area contributed by atoms with E-state index in [1.54, 1.807) is 31.2 Å². The Morgan fingerprint density at radius 3 is 2.38 bits per heavy atom. The molecule has 0 aliphatic carbocycles. The van der Waals surface area contributed by atoms with Crippen LogP contribution in [0.1, 0.15) is 53.4 Å². The standard InChI is InChI=1S/C34H36F8N4O5S/c1-2-6-27-31(51-22-19-28(52-21-22)32(35,36)34(40,41)42,10-5-12-46(27)29(48)23-20-43-11-9-24(23)33(37,38)39)30(49)45-15-13-44(14-16-45)25-7-3-4-8-26(25)50-18-17-47/h3-4,7-9,11,19-21,27,47H,2,5-6,10,12-18H2,1H3/t27-,31+/m0/s1. The molecule has 1 aromatic carbocycles. The number of thiophene rings is 1. The summed E-state index contributed by atoms with van der Waals surface area (Å²) in [6, 6.07) is 6.97. The fourth-order valence-electron chi connectivity index (χ4n) is 6.67. The van der Waals surface area contributed by atoms with Crippen molar-refractivity contribution in [3.8, 4) is 11.5 Å². The number of rotatable bonds is 11. The van der Waals surface area contributed by atoms with Crippen LogP contribution in [-0.4, -0.2) is 95.5 Å². The summed E-state index contributed by atoms with van der Waals surface area (Å²) in [5, 5.41) is 10.1. The lowest BCUT2D eigenvalue weighted by Crippen LogP contribution is -2.69. The van der Waals surface area contributed by atoms with E-state index in [4.69, 9.17) is 9.47 Å². The van der Waals surface area contributed by atoms with Gasteiger partial charge in [-0.3, -0.25) is 14.6 Å². The number of pyridine rings is 1. The van der Waals surface area contributed by atoms with Gasteiger partial charge in [0.25, 0.3) is 11.8 Å². The van der Waals surface area contributed by atoms with Crippen LogP contribution in [0.25, 0.3) is 0 Å². The molecular weight excluding hydrogens is 728 g/mol. The number of anilines is 1. The van der Waals surface area contributed by atoms with E-state index in [1.807, 2.05) is 4.90 Å². The number of piperazine rings is 1. The molecule has 2 saturated heterocycles. The van der Waals surface area contributed by atoms with Crippen LogP contribution in [-0.2, 0) is 16.9 Å². The fraction of sp³-hybridized carbons (Fsp3) is 0.500. The van der Waals surface area contributed by atoms with Gasteiger partial charge in [-0.2, -0.15) is 35.1 Å². The summed E-state index contributed by atoms with van der Waals surface area (Å²) < 4.78 is 122. The van der Waals surface area contributed by atoms with Crippen molar-refractivity contribution in [3.05, 3.63) is 70.2 Å². The first-order valence-electron chi connectivity index (χ1n) is 16.5. The van der Waals surface area contributed by atoms with Crippen LogP contribution in [0.4, 0.5) is 40.8 Å². The minimum atomic E-state index is -5.91. The van der Waals surface area contributed by atoms with Gasteiger partial charge in [-0.05, 0) is 31.0 Å². The quantitative estimate of drug-likeness (QED) is 0.216. The number of likely N-dealkylation sites (tertiary alicyclic amines) is 1. The number of carbonyl (C=O) groups is 2. The van der Waals surface area contributed by atoms with E-state index in [0.717, 1.165) is 22.7 Å². The van der Waals surface area contributed by atoms with E-state index >= 15 is 0 Å². The molecule has 3 aromatic rings. The first kappa shape index (κ1) is 39.0. The van der Waals surface area contributed by atoms with Crippen molar-refractivity contribution in [3.63, 3.8) is 0 Å². The topological polar surface area (TPSA) is 95.4 Å². The smallest absolute Gasteiger partial charge is 0.458 e. The Labute approximate surface area is 297 Å². The van der Waals surface area contributed by atoms with E-state index in [0.29, 0.717) is 30.0 Å². The van der Waals surface area contributed by atoms with Gasteiger partial charge in [-0.1, -0.05) is 25.5 Å². The molecule has 52 heavy (non-hydrogen) atoms. The molecule has 2 atom stereocenters. The lowest BCUT2D eigenvalue weighted by molar-refractivity contribution is -0.287. The molecule has 4 heterocycles. The number of hydrogen-bond donors (Lipinski definition) is 1. The number of aliphatic hydroxyl groups is 1. The number of nitrogens with zero attached hydrogens (tertiary/aromatic N) is 4. The van der Waals surface area contributed by atoms with Gasteiger partial charge in [0, 0.05) is 63.0 Å². The zero-order valence-electron chi connectivity index (χ0n) is 27.9. The predicted molar refractivity (Wildman–Crippen MR) is 174 cm³/mol. The molecule has 1 N–H and O–H groups in total. The average Bonchev–Trinajstić information content (AvgIpc) is 3.59. The monoisotopic (exact) mass is 764 g/mol. The van der Waals surface area contributed by atoms with Crippen LogP contribution in [0.2, 0.25) is 0 Å². The Balaban J connectivity index is 1.52. The largest absolute Gasteiger partial charge is 0.489 e. The number of piperidine rings is 1. The molecule has 0 spiro atoms. The van der Waals surface area contributed by atoms with Crippen LogP contribution in [0, 0.1) is 0 Å². The average molecular weight is 765 g/mol. The number of amides is 2. The van der Waals surface area contributed by atoms with Crippen molar-refractivity contribution in [2.75, 3.05) is 50.8 Å². The molecular formula is C34H36F8N4O5S. The molecule has 284 valence electrons. The number of hydrogen-bond acceptors (Lipinski definition) is 8. The molecule has 18 heteroatoms. The highest BCUT2D eigenvalue weighted by Crippen LogP contribution is 2.48. The Kier molecular flexibility index (Phi) is 11.6. The van der Waals surface area contributed by atoms with E-state index in [-0.39, 0.29) is 76.5 Å². The van der Waals surface area contributed by atoms with Gasteiger partial charge in [0.1, 0.15) is 18.1 Å². The molecule has 0 unspecified atom stereocenters. The summed E-state index contributed by atoms with van der Waals surface area (Å²) in [5.74, 6) is -6.98. The van der Waals surface area contributed by atoms with Gasteiger partial charge in [-0.15, -0.1) is 11.3 Å². The second kappa shape index (κ2) is 15.4. The molecule has 2 aliphatic rings. The Morgan fingerprint density at radius 2 is 1.73 bits per heavy atom. The number of benzene rings is 1. The maximum Gasteiger partial charge on any atom is 0.458 e. The fourth-order valence-corrected chi connectivity index (χ4v) is 7.48. The number of ether oxygens (including phenoxy) is 2. The van der Waals surface area contributed by atoms with Crippen molar-refractivity contribution >= 4 is 28.8 Å². The molecule has 5 rings (SSSR count). The summed E-state index contributed by atoms with van der Waals surface area (Å²) in [4.78, 5) is 35.6. The Bertz CT molecular complexity index is 1710. The minimum absolute atomic E-state index is 0.0182. The van der Waals surface area contributed by atoms with Crippen molar-refractivity contribution in [2.24, 2.45) is 0 Å². The molecule has 2 aromatic heterocycles. The maximum atomic E-state index is 14.8. The molecule has 0 saturated carbocycles. The summed E-state index contributed by atoms with van der Waals surface area (Å²) in [6.07, 6.45) is -8.94. The van der Waals surface area contributed by atoms with Crippen LogP contribution in [0.3, 0.4) is 0 Å². The normalized spacial score (nSPS) is 20.2. The third kappa shape index (κ3) is 7.77. The van der Waals surface area contributed by atoms with Gasteiger partial charge in [-0.25, -0.2) is 0 Å². The lowest BCUT2D eigenvalue weighted by Gasteiger charge is -2.50. The summed E-state index contributed by atoms with van der Waals surface area (Å²) in [7, 11) is 0. The lowest BCUT2D eigenvalue weighted by atomic mass is 9.79. The first-order valence-corrected chi connectivity index (χ1v) is 17.3. The summed E-state index contributed by atoms with van der Waals surface area (Å²) in [6.45, 7) is 2.18. The highest BCUT2D eigenvalue weighted by molar-refractivity contribution is 7.10. The van der Waals surface area contributed by atoms with Crippen molar-refractivity contribution in [1.29, 1.82) is 0 Å². The van der Waals surface area contributed by atoms with Crippen molar-refractivity contribution < 1.29 is 59.3 Å². The van der Waals surface area contributed by atoms with Gasteiger partial charge in [0.05, 0.1) is 34.3 Å². The predicted octanol–water partition coefficient (Wildman–Crippen LogP) is 6.76. The number of aliphatic hydroxyl groups excluding tert-OH is 1. The minimum Gasteiger partial charge on any atom is -0.489 e. The van der Waals surface area contributed by atoms with Gasteiger partial charge in [0.2, 0.25) is 5.60 Å². The Hall–Kier alpha value is -4.19. The van der Waals surface area contributed by atoms with E-state index in [1.165, 1.54) is 4.90 Å². The molecule has 2 amide bonds. The summed E-state index contributed by atoms with van der Waals surface area (Å²) in [5.41, 5.74) is -3.39. The summed E-state index contributed by atoms with van der Waals surface area (Å²) >= 11 is 0.0781. The Morgan fingerprint density at radius 1 is 1.02 bits per heavy atom. The highest BCUT2D eigenvalue weighted by Gasteiger charge is 2.60. The second-order valence-electron chi connectivity index (χ2n) is 12.4. The van der Waals surface area contributed by atoms with E-state index < -0.39 is 63.5 Å². The van der Waals surface area contributed by atoms with E-state index in [9.17, 15) is 49.8 Å². The third-order valence-electron chi connectivity index (χ3n) is 9.07. The number of aromatic nitrogens is 1. The van der Waals surface area contributed by atoms with Crippen molar-refractivity contribution in [1.82, 2.24) is 14.8 Å². The zero-order valence-corrected chi connectivity index (χ0v) is 28.7. The van der Waals surface area contributed by atoms with Gasteiger partial charge < -0.3 is 29.3 Å². The number of carbonyl (C=O) groups excluding carboxylic acids is 2. The molecule has 0 bridgehead atoms. The number of para-hydroxylation sites is 2. The molecule has 0 radical (unpaired) electrons. The molecule has 2 fully saturated rings. The van der Waals surface area contributed by atoms with Crippen LogP contribution in [0.5, 0.6) is 11.5 Å². The highest BCUT2D eigenvalue weighted by atomic mass is 32.1. The molecule has 9 nitrogen and oxygen atoms in total. The maximum absolute atomic E-state index is 14.8. The molecule has 2 aliphatic heterocycles. The van der Waals surface area contributed by atoms with Gasteiger partial charge >= 0.3 is 18.3 Å². The number of halogens is 8. The van der Waals surface area contributed by atoms with E-state index in [2.05, 4.69) is 4.98 Å². The second-order valence-corrected chi connectivity index (χ2v) is 13.3. The van der Waals surface area contributed by atoms with Crippen LogP contribution in [0.15, 0.2) is 54.2 Å².